The van der Waals surface area contributed by atoms with Gasteiger partial charge in [-0.05, 0) is 23.6 Å². The van der Waals surface area contributed by atoms with E-state index in [0.717, 1.165) is 5.56 Å². The molecule has 0 aliphatic carbocycles. The average molecular weight is 268 g/mol. The first-order valence-electron chi connectivity index (χ1n) is 6.33. The van der Waals surface area contributed by atoms with E-state index >= 15 is 0 Å². The fourth-order valence-electron chi connectivity index (χ4n) is 2.12. The molecule has 1 atom stereocenters. The molecular formula is C17H16O3. The average Bonchev–Trinajstić information content (AvgIpc) is 2.48. The quantitative estimate of drug-likeness (QED) is 0.896. The van der Waals surface area contributed by atoms with Gasteiger partial charge >= 0.3 is 5.97 Å². The number of allylic oxidation sites excluding steroid dienone is 1. The number of rotatable bonds is 4. The van der Waals surface area contributed by atoms with Crippen LogP contribution in [0.25, 0.3) is 6.08 Å². The molecule has 0 aromatic heterocycles. The van der Waals surface area contributed by atoms with Crippen molar-refractivity contribution in [2.45, 2.75) is 12.5 Å². The van der Waals surface area contributed by atoms with Gasteiger partial charge in [0.25, 0.3) is 0 Å². The lowest BCUT2D eigenvalue weighted by atomic mass is 9.86. The maximum Gasteiger partial charge on any atom is 0.345 e. The molecule has 2 aromatic rings. The second-order valence-corrected chi connectivity index (χ2v) is 4.50. The Hall–Kier alpha value is -2.39. The molecular weight excluding hydrogens is 252 g/mol. The normalized spacial score (nSPS) is 14.1. The van der Waals surface area contributed by atoms with Gasteiger partial charge in [-0.2, -0.15) is 0 Å². The van der Waals surface area contributed by atoms with Crippen LogP contribution in [0.3, 0.4) is 0 Å². The van der Waals surface area contributed by atoms with E-state index in [4.69, 9.17) is 0 Å². The number of carboxylic acid groups (broad SMARTS) is 1. The standard InChI is InChI=1S/C17H16O3/c1-2-6-13-9-11-15(12-10-13)17(20,16(18)19)14-7-4-3-5-8-14/h2-12,20H,1H3,(H,18,19). The number of aliphatic carboxylic acids is 1. The van der Waals surface area contributed by atoms with E-state index in [1.165, 1.54) is 0 Å². The molecule has 0 fully saturated rings. The number of hydrogen-bond acceptors (Lipinski definition) is 2. The Morgan fingerprint density at radius 3 is 2.05 bits per heavy atom. The van der Waals surface area contributed by atoms with E-state index in [1.807, 2.05) is 19.1 Å². The topological polar surface area (TPSA) is 57.5 Å². The maximum absolute atomic E-state index is 11.6. The molecule has 0 radical (unpaired) electrons. The summed E-state index contributed by atoms with van der Waals surface area (Å²) in [6, 6.07) is 15.2. The van der Waals surface area contributed by atoms with E-state index < -0.39 is 11.6 Å². The van der Waals surface area contributed by atoms with Crippen LogP contribution in [0.5, 0.6) is 0 Å². The summed E-state index contributed by atoms with van der Waals surface area (Å²) in [5, 5.41) is 20.1. The van der Waals surface area contributed by atoms with Crippen LogP contribution in [0.15, 0.2) is 60.7 Å². The van der Waals surface area contributed by atoms with Gasteiger partial charge < -0.3 is 10.2 Å². The van der Waals surface area contributed by atoms with Gasteiger partial charge in [0.05, 0.1) is 0 Å². The first-order valence-corrected chi connectivity index (χ1v) is 6.33. The highest BCUT2D eigenvalue weighted by Gasteiger charge is 2.39. The zero-order valence-electron chi connectivity index (χ0n) is 11.2. The highest BCUT2D eigenvalue weighted by Crippen LogP contribution is 2.30. The van der Waals surface area contributed by atoms with Crippen LogP contribution in [0.2, 0.25) is 0 Å². The minimum absolute atomic E-state index is 0.337. The minimum atomic E-state index is -2.03. The molecule has 2 N–H and O–H groups in total. The molecule has 2 rings (SSSR count). The molecule has 3 heteroatoms. The predicted molar refractivity (Wildman–Crippen MR) is 78.2 cm³/mol. The fourth-order valence-corrected chi connectivity index (χ4v) is 2.12. The van der Waals surface area contributed by atoms with E-state index in [1.54, 1.807) is 54.6 Å². The lowest BCUT2D eigenvalue weighted by Crippen LogP contribution is -2.36. The number of aliphatic hydroxyl groups is 1. The largest absolute Gasteiger partial charge is 0.479 e. The summed E-state index contributed by atoms with van der Waals surface area (Å²) in [5.41, 5.74) is -0.400. The Kier molecular flexibility index (Phi) is 4.01. The van der Waals surface area contributed by atoms with Gasteiger partial charge in [0.1, 0.15) is 0 Å². The van der Waals surface area contributed by atoms with Crippen LogP contribution in [0.4, 0.5) is 0 Å². The Morgan fingerprint density at radius 2 is 1.55 bits per heavy atom. The summed E-state index contributed by atoms with van der Waals surface area (Å²) in [6.07, 6.45) is 3.81. The predicted octanol–water partition coefficient (Wildman–Crippen LogP) is 3.04. The third kappa shape index (κ3) is 2.49. The van der Waals surface area contributed by atoms with Crippen LogP contribution < -0.4 is 0 Å². The van der Waals surface area contributed by atoms with Crippen LogP contribution in [0.1, 0.15) is 23.6 Å². The Balaban J connectivity index is 2.51. The maximum atomic E-state index is 11.6. The highest BCUT2D eigenvalue weighted by atomic mass is 16.4. The molecule has 0 bridgehead atoms. The van der Waals surface area contributed by atoms with Crippen LogP contribution in [-0.2, 0) is 10.4 Å². The molecule has 0 saturated heterocycles. The number of hydrogen-bond donors (Lipinski definition) is 2. The van der Waals surface area contributed by atoms with E-state index in [0.29, 0.717) is 11.1 Å². The minimum Gasteiger partial charge on any atom is -0.479 e. The lowest BCUT2D eigenvalue weighted by Gasteiger charge is -2.24. The summed E-state index contributed by atoms with van der Waals surface area (Å²) in [4.78, 5) is 11.6. The Labute approximate surface area is 117 Å². The molecule has 0 aliphatic rings. The first-order chi connectivity index (χ1) is 9.59. The second kappa shape index (κ2) is 5.72. The zero-order valence-corrected chi connectivity index (χ0v) is 11.2. The molecule has 3 nitrogen and oxygen atoms in total. The summed E-state index contributed by atoms with van der Waals surface area (Å²) in [7, 11) is 0. The molecule has 0 aliphatic heterocycles. The molecule has 20 heavy (non-hydrogen) atoms. The van der Waals surface area contributed by atoms with Gasteiger partial charge in [0.15, 0.2) is 0 Å². The third-order valence-electron chi connectivity index (χ3n) is 3.19. The summed E-state index contributed by atoms with van der Waals surface area (Å²) < 4.78 is 0. The van der Waals surface area contributed by atoms with Crippen molar-refractivity contribution in [2.24, 2.45) is 0 Å². The van der Waals surface area contributed by atoms with E-state index in [2.05, 4.69) is 0 Å². The third-order valence-corrected chi connectivity index (χ3v) is 3.19. The first kappa shape index (κ1) is 14.0. The molecule has 2 aromatic carbocycles. The van der Waals surface area contributed by atoms with Gasteiger partial charge in [0.2, 0.25) is 5.60 Å². The summed E-state index contributed by atoms with van der Waals surface area (Å²) >= 11 is 0. The molecule has 0 amide bonds. The van der Waals surface area contributed by atoms with Gasteiger partial charge in [-0.15, -0.1) is 0 Å². The smallest absolute Gasteiger partial charge is 0.345 e. The van der Waals surface area contributed by atoms with Crippen molar-refractivity contribution in [1.29, 1.82) is 0 Å². The SMILES string of the molecule is CC=Cc1ccc(C(O)(C(=O)O)c2ccccc2)cc1. The second-order valence-electron chi connectivity index (χ2n) is 4.50. The van der Waals surface area contributed by atoms with Crippen molar-refractivity contribution >= 4 is 12.0 Å². The number of carboxylic acids is 1. The summed E-state index contributed by atoms with van der Waals surface area (Å²) in [5.74, 6) is -1.29. The van der Waals surface area contributed by atoms with Gasteiger partial charge in [-0.3, -0.25) is 0 Å². The molecule has 102 valence electrons. The van der Waals surface area contributed by atoms with Crippen molar-refractivity contribution in [3.8, 4) is 0 Å². The molecule has 0 saturated carbocycles. The molecule has 0 heterocycles. The van der Waals surface area contributed by atoms with Crippen LogP contribution in [0, 0.1) is 0 Å². The number of carbonyl (C=O) groups is 1. The lowest BCUT2D eigenvalue weighted by molar-refractivity contribution is -0.155. The van der Waals surface area contributed by atoms with Gasteiger partial charge in [-0.1, -0.05) is 66.7 Å². The van der Waals surface area contributed by atoms with Crippen molar-refractivity contribution in [2.75, 3.05) is 0 Å². The molecule has 1 unspecified atom stereocenters. The van der Waals surface area contributed by atoms with E-state index in [9.17, 15) is 15.0 Å². The zero-order chi connectivity index (χ0) is 14.6. The van der Waals surface area contributed by atoms with Crippen LogP contribution >= 0.6 is 0 Å². The highest BCUT2D eigenvalue weighted by molar-refractivity contribution is 5.83. The Bertz CT molecular complexity index is 614. The van der Waals surface area contributed by atoms with Gasteiger partial charge in [-0.25, -0.2) is 4.79 Å². The fraction of sp³-hybridized carbons (Fsp3) is 0.118. The van der Waals surface area contributed by atoms with Crippen molar-refractivity contribution < 1.29 is 15.0 Å². The van der Waals surface area contributed by atoms with Crippen molar-refractivity contribution in [1.82, 2.24) is 0 Å². The van der Waals surface area contributed by atoms with Crippen molar-refractivity contribution in [3.63, 3.8) is 0 Å². The van der Waals surface area contributed by atoms with Crippen molar-refractivity contribution in [3.05, 3.63) is 77.4 Å². The van der Waals surface area contributed by atoms with E-state index in [-0.39, 0.29) is 0 Å². The number of benzene rings is 2. The summed E-state index contributed by atoms with van der Waals surface area (Å²) in [6.45, 7) is 1.91. The van der Waals surface area contributed by atoms with Crippen LogP contribution in [-0.4, -0.2) is 16.2 Å². The Morgan fingerprint density at radius 1 is 1.00 bits per heavy atom. The van der Waals surface area contributed by atoms with Gasteiger partial charge in [0, 0.05) is 0 Å². The molecule has 0 spiro atoms. The monoisotopic (exact) mass is 268 g/mol.